The molecule has 1 heterocycles. The summed E-state index contributed by atoms with van der Waals surface area (Å²) < 4.78 is 5.41. The van der Waals surface area contributed by atoms with Gasteiger partial charge < -0.3 is 9.64 Å². The van der Waals surface area contributed by atoms with Gasteiger partial charge in [0.05, 0.1) is 18.9 Å². The highest BCUT2D eigenvalue weighted by Gasteiger charge is 2.11. The lowest BCUT2D eigenvalue weighted by atomic mass is 10.1. The average molecular weight is 294 g/mol. The van der Waals surface area contributed by atoms with E-state index < -0.39 is 0 Å². The van der Waals surface area contributed by atoms with Gasteiger partial charge in [0.1, 0.15) is 0 Å². The first-order valence-corrected chi connectivity index (χ1v) is 7.76. The molecular formula is C19H22N2O. The van der Waals surface area contributed by atoms with Crippen LogP contribution >= 0.6 is 0 Å². The number of morpholine rings is 1. The molecule has 0 atom stereocenters. The maximum absolute atomic E-state index is 5.41. The minimum absolute atomic E-state index is 0.815. The van der Waals surface area contributed by atoms with Crippen molar-refractivity contribution in [2.45, 2.75) is 13.8 Å². The molecule has 0 radical (unpaired) electrons. The summed E-state index contributed by atoms with van der Waals surface area (Å²) in [6.45, 7) is 7.79. The molecule has 2 aromatic rings. The van der Waals surface area contributed by atoms with Gasteiger partial charge in [-0.1, -0.05) is 23.8 Å². The molecule has 0 aliphatic carbocycles. The monoisotopic (exact) mass is 294 g/mol. The fraction of sp³-hybridized carbons (Fsp3) is 0.316. The smallest absolute Gasteiger partial charge is 0.0642 e. The Labute approximate surface area is 132 Å². The highest BCUT2D eigenvalue weighted by atomic mass is 16.5. The highest BCUT2D eigenvalue weighted by Crippen LogP contribution is 2.20. The van der Waals surface area contributed by atoms with Gasteiger partial charge in [0.25, 0.3) is 0 Å². The van der Waals surface area contributed by atoms with Crippen molar-refractivity contribution in [1.82, 2.24) is 0 Å². The summed E-state index contributed by atoms with van der Waals surface area (Å²) in [5.41, 5.74) is 5.93. The number of benzene rings is 2. The van der Waals surface area contributed by atoms with Crippen molar-refractivity contribution in [3.8, 4) is 0 Å². The van der Waals surface area contributed by atoms with E-state index in [0.717, 1.165) is 37.6 Å². The van der Waals surface area contributed by atoms with Crippen molar-refractivity contribution >= 4 is 17.6 Å². The Balaban J connectivity index is 1.75. The average Bonchev–Trinajstić information content (AvgIpc) is 2.56. The fourth-order valence-corrected chi connectivity index (χ4v) is 2.60. The Hall–Kier alpha value is -2.13. The van der Waals surface area contributed by atoms with E-state index in [1.54, 1.807) is 0 Å². The number of rotatable bonds is 3. The number of aryl methyl sites for hydroxylation is 2. The number of hydrogen-bond donors (Lipinski definition) is 0. The molecule has 0 N–H and O–H groups in total. The maximum atomic E-state index is 5.41. The van der Waals surface area contributed by atoms with Gasteiger partial charge in [0.15, 0.2) is 0 Å². The van der Waals surface area contributed by atoms with Crippen LogP contribution in [-0.4, -0.2) is 32.5 Å². The van der Waals surface area contributed by atoms with Crippen molar-refractivity contribution in [2.24, 2.45) is 4.99 Å². The first-order valence-electron chi connectivity index (χ1n) is 7.76. The molecule has 2 aromatic carbocycles. The Kier molecular flexibility index (Phi) is 4.54. The summed E-state index contributed by atoms with van der Waals surface area (Å²) >= 11 is 0. The summed E-state index contributed by atoms with van der Waals surface area (Å²) in [5, 5.41) is 0. The van der Waals surface area contributed by atoms with E-state index in [1.165, 1.54) is 16.8 Å². The summed E-state index contributed by atoms with van der Waals surface area (Å²) in [6.07, 6.45) is 1.95. The van der Waals surface area contributed by atoms with E-state index in [1.807, 2.05) is 18.3 Å². The second-order valence-electron chi connectivity index (χ2n) is 5.73. The van der Waals surface area contributed by atoms with Crippen LogP contribution in [0.4, 0.5) is 11.4 Å². The van der Waals surface area contributed by atoms with E-state index in [-0.39, 0.29) is 0 Å². The quantitative estimate of drug-likeness (QED) is 0.802. The van der Waals surface area contributed by atoms with Gasteiger partial charge in [-0.2, -0.15) is 0 Å². The SMILES string of the molecule is Cc1ccc(N=Cc2ccc(N3CCOCC3)cc2C)cc1. The van der Waals surface area contributed by atoms with Crippen LogP contribution in [-0.2, 0) is 4.74 Å². The molecule has 0 saturated carbocycles. The summed E-state index contributed by atoms with van der Waals surface area (Å²) in [4.78, 5) is 6.93. The predicted octanol–water partition coefficient (Wildman–Crippen LogP) is 3.89. The molecule has 114 valence electrons. The van der Waals surface area contributed by atoms with Crippen molar-refractivity contribution in [1.29, 1.82) is 0 Å². The number of ether oxygens (including phenoxy) is 1. The Morgan fingerprint density at radius 2 is 1.73 bits per heavy atom. The minimum Gasteiger partial charge on any atom is -0.378 e. The van der Waals surface area contributed by atoms with Gasteiger partial charge in [-0.25, -0.2) is 0 Å². The van der Waals surface area contributed by atoms with Crippen LogP contribution in [0.15, 0.2) is 47.5 Å². The van der Waals surface area contributed by atoms with E-state index in [9.17, 15) is 0 Å². The zero-order chi connectivity index (χ0) is 15.4. The van der Waals surface area contributed by atoms with Crippen LogP contribution in [0.2, 0.25) is 0 Å². The van der Waals surface area contributed by atoms with E-state index in [0.29, 0.717) is 0 Å². The van der Waals surface area contributed by atoms with Crippen molar-refractivity contribution < 1.29 is 4.74 Å². The molecule has 0 amide bonds. The minimum atomic E-state index is 0.815. The summed E-state index contributed by atoms with van der Waals surface area (Å²) in [5.74, 6) is 0. The molecule has 1 saturated heterocycles. The van der Waals surface area contributed by atoms with Crippen LogP contribution in [0.25, 0.3) is 0 Å². The lowest BCUT2D eigenvalue weighted by Gasteiger charge is -2.29. The zero-order valence-corrected chi connectivity index (χ0v) is 13.2. The van der Waals surface area contributed by atoms with Crippen molar-refractivity contribution in [2.75, 3.05) is 31.2 Å². The number of hydrogen-bond acceptors (Lipinski definition) is 3. The van der Waals surface area contributed by atoms with E-state index in [2.05, 4.69) is 54.1 Å². The largest absolute Gasteiger partial charge is 0.378 e. The Morgan fingerprint density at radius 3 is 2.41 bits per heavy atom. The van der Waals surface area contributed by atoms with Crippen LogP contribution < -0.4 is 4.90 Å². The molecule has 0 spiro atoms. The highest BCUT2D eigenvalue weighted by molar-refractivity contribution is 5.84. The number of nitrogens with zero attached hydrogens (tertiary/aromatic N) is 2. The fourth-order valence-electron chi connectivity index (χ4n) is 2.60. The van der Waals surface area contributed by atoms with Crippen LogP contribution in [0.5, 0.6) is 0 Å². The van der Waals surface area contributed by atoms with Crippen LogP contribution in [0.3, 0.4) is 0 Å². The number of anilines is 1. The molecule has 0 aromatic heterocycles. The molecular weight excluding hydrogens is 272 g/mol. The van der Waals surface area contributed by atoms with Gasteiger partial charge in [-0.15, -0.1) is 0 Å². The third-order valence-electron chi connectivity index (χ3n) is 4.02. The van der Waals surface area contributed by atoms with Crippen LogP contribution in [0.1, 0.15) is 16.7 Å². The lowest BCUT2D eigenvalue weighted by molar-refractivity contribution is 0.122. The van der Waals surface area contributed by atoms with Gasteiger partial charge in [-0.05, 0) is 49.2 Å². The molecule has 0 unspecified atom stereocenters. The number of aliphatic imine (C=N–C) groups is 1. The molecule has 22 heavy (non-hydrogen) atoms. The zero-order valence-electron chi connectivity index (χ0n) is 13.2. The van der Waals surface area contributed by atoms with E-state index in [4.69, 9.17) is 4.74 Å². The normalized spacial score (nSPS) is 15.5. The molecule has 1 aliphatic heterocycles. The second kappa shape index (κ2) is 6.75. The molecule has 1 aliphatic rings. The second-order valence-corrected chi connectivity index (χ2v) is 5.73. The van der Waals surface area contributed by atoms with Gasteiger partial charge in [0, 0.05) is 25.0 Å². The van der Waals surface area contributed by atoms with Crippen molar-refractivity contribution in [3.63, 3.8) is 0 Å². The topological polar surface area (TPSA) is 24.8 Å². The van der Waals surface area contributed by atoms with Gasteiger partial charge >= 0.3 is 0 Å². The van der Waals surface area contributed by atoms with Gasteiger partial charge in [0.2, 0.25) is 0 Å². The Bertz CT molecular complexity index is 656. The molecule has 3 nitrogen and oxygen atoms in total. The first-order chi connectivity index (χ1) is 10.7. The van der Waals surface area contributed by atoms with Crippen LogP contribution in [0, 0.1) is 13.8 Å². The third-order valence-corrected chi connectivity index (χ3v) is 4.02. The summed E-state index contributed by atoms with van der Waals surface area (Å²) in [6, 6.07) is 14.8. The maximum Gasteiger partial charge on any atom is 0.0642 e. The summed E-state index contributed by atoms with van der Waals surface area (Å²) in [7, 11) is 0. The van der Waals surface area contributed by atoms with Gasteiger partial charge in [-0.3, -0.25) is 4.99 Å². The van der Waals surface area contributed by atoms with Crippen molar-refractivity contribution in [3.05, 3.63) is 59.2 Å². The molecule has 3 rings (SSSR count). The lowest BCUT2D eigenvalue weighted by Crippen LogP contribution is -2.36. The van der Waals surface area contributed by atoms with E-state index >= 15 is 0 Å². The molecule has 1 fully saturated rings. The third kappa shape index (κ3) is 3.55. The first kappa shape index (κ1) is 14.8. The predicted molar refractivity (Wildman–Crippen MR) is 92.6 cm³/mol. The Morgan fingerprint density at radius 1 is 1.00 bits per heavy atom. The molecule has 3 heteroatoms. The molecule has 0 bridgehead atoms. The standard InChI is InChI=1S/C19H22N2O/c1-15-3-6-18(7-4-15)20-14-17-5-8-19(13-16(17)2)21-9-11-22-12-10-21/h3-8,13-14H,9-12H2,1-2H3.